The third kappa shape index (κ3) is 4.11. The van der Waals surface area contributed by atoms with Crippen molar-refractivity contribution in [1.82, 2.24) is 15.0 Å². The quantitative estimate of drug-likeness (QED) is 0.846. The van der Waals surface area contributed by atoms with Crippen LogP contribution in [0.5, 0.6) is 0 Å². The lowest BCUT2D eigenvalue weighted by Crippen LogP contribution is -2.16. The number of hydrogen-bond donors (Lipinski definition) is 2. The van der Waals surface area contributed by atoms with E-state index in [2.05, 4.69) is 32.1 Å². The maximum atomic E-state index is 5.89. The highest BCUT2D eigenvalue weighted by Gasteiger charge is 2.19. The monoisotopic (exact) mass is 329 g/mol. The second-order valence-corrected chi connectivity index (χ2v) is 6.09. The first kappa shape index (κ1) is 17.0. The van der Waals surface area contributed by atoms with Crippen LogP contribution in [0.1, 0.15) is 37.7 Å². The summed E-state index contributed by atoms with van der Waals surface area (Å²) in [6, 6.07) is 3.70. The van der Waals surface area contributed by atoms with Crippen LogP contribution >= 0.6 is 11.6 Å². The van der Waals surface area contributed by atoms with Crippen molar-refractivity contribution in [2.45, 2.75) is 33.1 Å². The van der Waals surface area contributed by atoms with Gasteiger partial charge in [0, 0.05) is 12.7 Å². The zero-order valence-electron chi connectivity index (χ0n) is 13.7. The summed E-state index contributed by atoms with van der Waals surface area (Å²) in [5.74, 6) is 7.33. The Morgan fingerprint density at radius 2 is 2.04 bits per heavy atom. The first-order valence-corrected chi connectivity index (χ1v) is 7.74. The number of pyridine rings is 1. The Kier molecular flexibility index (Phi) is 5.07. The lowest BCUT2D eigenvalue weighted by Gasteiger charge is -2.17. The van der Waals surface area contributed by atoms with Gasteiger partial charge in [0.2, 0.25) is 5.95 Å². The van der Waals surface area contributed by atoms with Crippen molar-refractivity contribution in [2.24, 2.45) is 0 Å². The molecule has 0 bridgehead atoms. The molecule has 0 saturated heterocycles. The van der Waals surface area contributed by atoms with Crippen LogP contribution in [0.3, 0.4) is 0 Å². The topological polar surface area (TPSA) is 76.7 Å². The number of aryl methyl sites for hydroxylation is 1. The summed E-state index contributed by atoms with van der Waals surface area (Å²) in [6.45, 7) is 8.61. The predicted octanol–water partition coefficient (Wildman–Crippen LogP) is 3.18. The van der Waals surface area contributed by atoms with Crippen molar-refractivity contribution >= 4 is 23.4 Å². The molecular formula is C17H20ClN5. The zero-order chi connectivity index (χ0) is 17.0. The average Bonchev–Trinajstić information content (AvgIpc) is 2.47. The largest absolute Gasteiger partial charge is 0.369 e. The number of aromatic nitrogens is 3. The molecular weight excluding hydrogens is 310 g/mol. The van der Waals surface area contributed by atoms with Crippen LogP contribution in [0.25, 0.3) is 0 Å². The number of halogens is 1. The summed E-state index contributed by atoms with van der Waals surface area (Å²) >= 11 is 5.89. The lowest BCUT2D eigenvalue weighted by molar-refractivity contribution is 0.670. The highest BCUT2D eigenvalue weighted by Crippen LogP contribution is 2.23. The minimum Gasteiger partial charge on any atom is -0.369 e. The Balaban J connectivity index is 2.43. The molecule has 3 N–H and O–H groups in total. The summed E-state index contributed by atoms with van der Waals surface area (Å²) in [4.78, 5) is 12.8. The molecule has 0 amide bonds. The Hall–Kier alpha value is -2.32. The van der Waals surface area contributed by atoms with Crippen LogP contribution < -0.4 is 11.1 Å². The molecule has 2 rings (SSSR count). The molecule has 23 heavy (non-hydrogen) atoms. The van der Waals surface area contributed by atoms with Crippen LogP contribution in [0, 0.1) is 18.8 Å². The molecule has 2 aromatic rings. The highest BCUT2D eigenvalue weighted by atomic mass is 35.5. The number of nitrogens with two attached hydrogens (primary N) is 1. The number of nitrogen functional groups attached to an aromatic ring is 1. The van der Waals surface area contributed by atoms with E-state index in [0.29, 0.717) is 10.8 Å². The summed E-state index contributed by atoms with van der Waals surface area (Å²) in [7, 11) is 0. The second kappa shape index (κ2) is 6.84. The molecule has 5 nitrogen and oxygen atoms in total. The van der Waals surface area contributed by atoms with E-state index in [9.17, 15) is 0 Å². The van der Waals surface area contributed by atoms with E-state index in [4.69, 9.17) is 17.3 Å². The van der Waals surface area contributed by atoms with E-state index in [-0.39, 0.29) is 5.95 Å². The van der Waals surface area contributed by atoms with Gasteiger partial charge in [0.25, 0.3) is 0 Å². The minimum atomic E-state index is -0.429. The van der Waals surface area contributed by atoms with Crippen molar-refractivity contribution in [3.8, 4) is 11.8 Å². The van der Waals surface area contributed by atoms with E-state index in [1.807, 2.05) is 39.8 Å². The highest BCUT2D eigenvalue weighted by molar-refractivity contribution is 6.30. The van der Waals surface area contributed by atoms with E-state index in [0.717, 1.165) is 23.5 Å². The van der Waals surface area contributed by atoms with E-state index < -0.39 is 5.41 Å². The Bertz CT molecular complexity index is 757. The van der Waals surface area contributed by atoms with E-state index >= 15 is 0 Å². The van der Waals surface area contributed by atoms with Gasteiger partial charge >= 0.3 is 0 Å². The van der Waals surface area contributed by atoms with Crippen LogP contribution in [-0.4, -0.2) is 21.5 Å². The van der Waals surface area contributed by atoms with Gasteiger partial charge in [0.15, 0.2) is 0 Å². The molecule has 0 saturated carbocycles. The van der Waals surface area contributed by atoms with E-state index in [1.165, 1.54) is 0 Å². The standard InChI is InChI=1S/C17H20ClN5/c1-5-20-15-13(11(2)22-16(19)23-15)8-9-17(3,4)14-7-6-12(18)10-21-14/h6-7,10H,5H2,1-4H3,(H3,19,20,22,23). The SMILES string of the molecule is CCNc1nc(N)nc(C)c1C#CC(C)(C)c1ccc(Cl)cn1. The van der Waals surface area contributed by atoms with Crippen molar-refractivity contribution in [3.63, 3.8) is 0 Å². The first-order valence-electron chi connectivity index (χ1n) is 7.36. The molecule has 0 aliphatic heterocycles. The molecule has 2 aromatic heterocycles. The van der Waals surface area contributed by atoms with Gasteiger partial charge in [0.05, 0.1) is 27.4 Å². The molecule has 0 unspecified atom stereocenters. The predicted molar refractivity (Wildman–Crippen MR) is 94.5 cm³/mol. The van der Waals surface area contributed by atoms with Crippen molar-refractivity contribution in [3.05, 3.63) is 40.3 Å². The molecule has 2 heterocycles. The smallest absolute Gasteiger partial charge is 0.222 e. The molecule has 120 valence electrons. The number of rotatable bonds is 3. The Morgan fingerprint density at radius 3 is 2.65 bits per heavy atom. The number of nitrogens with zero attached hydrogens (tertiary/aromatic N) is 3. The van der Waals surface area contributed by atoms with Gasteiger partial charge in [-0.15, -0.1) is 0 Å². The number of anilines is 2. The van der Waals surface area contributed by atoms with Gasteiger partial charge in [-0.2, -0.15) is 4.98 Å². The van der Waals surface area contributed by atoms with Gasteiger partial charge in [-0.1, -0.05) is 23.4 Å². The van der Waals surface area contributed by atoms with Crippen LogP contribution in [0.15, 0.2) is 18.3 Å². The maximum absolute atomic E-state index is 5.89. The minimum absolute atomic E-state index is 0.239. The van der Waals surface area contributed by atoms with Crippen LogP contribution in [-0.2, 0) is 5.41 Å². The van der Waals surface area contributed by atoms with Gasteiger partial charge in [-0.25, -0.2) is 4.98 Å². The molecule has 0 atom stereocenters. The van der Waals surface area contributed by atoms with Crippen molar-refractivity contribution < 1.29 is 0 Å². The Labute approximate surface area is 141 Å². The fourth-order valence-corrected chi connectivity index (χ4v) is 2.18. The summed E-state index contributed by atoms with van der Waals surface area (Å²) in [5, 5.41) is 3.78. The molecule has 0 spiro atoms. The number of nitrogens with one attached hydrogen (secondary N) is 1. The van der Waals surface area contributed by atoms with Crippen LogP contribution in [0.2, 0.25) is 5.02 Å². The van der Waals surface area contributed by atoms with Gasteiger partial charge in [0.1, 0.15) is 5.82 Å². The molecule has 0 aromatic carbocycles. The first-order chi connectivity index (χ1) is 10.8. The number of hydrogen-bond acceptors (Lipinski definition) is 5. The normalized spacial score (nSPS) is 10.8. The molecule has 0 aliphatic rings. The molecule has 0 radical (unpaired) electrons. The van der Waals surface area contributed by atoms with Crippen molar-refractivity contribution in [1.29, 1.82) is 0 Å². The third-order valence-electron chi connectivity index (χ3n) is 3.32. The molecule has 0 aliphatic carbocycles. The molecule has 6 heteroatoms. The fraction of sp³-hybridized carbons (Fsp3) is 0.353. The van der Waals surface area contributed by atoms with Gasteiger partial charge in [-0.05, 0) is 39.8 Å². The zero-order valence-corrected chi connectivity index (χ0v) is 14.5. The Morgan fingerprint density at radius 1 is 1.30 bits per heavy atom. The lowest BCUT2D eigenvalue weighted by atomic mass is 9.89. The summed E-state index contributed by atoms with van der Waals surface area (Å²) in [6.07, 6.45) is 1.63. The summed E-state index contributed by atoms with van der Waals surface area (Å²) in [5.41, 5.74) is 7.64. The van der Waals surface area contributed by atoms with Crippen LogP contribution in [0.4, 0.5) is 11.8 Å². The average molecular weight is 330 g/mol. The van der Waals surface area contributed by atoms with Gasteiger partial charge in [-0.3, -0.25) is 4.98 Å². The fourth-order valence-electron chi connectivity index (χ4n) is 2.07. The van der Waals surface area contributed by atoms with Crippen molar-refractivity contribution in [2.75, 3.05) is 17.6 Å². The van der Waals surface area contributed by atoms with E-state index in [1.54, 1.807) is 6.20 Å². The third-order valence-corrected chi connectivity index (χ3v) is 3.54. The maximum Gasteiger partial charge on any atom is 0.222 e. The summed E-state index contributed by atoms with van der Waals surface area (Å²) < 4.78 is 0. The second-order valence-electron chi connectivity index (χ2n) is 5.66. The van der Waals surface area contributed by atoms with Gasteiger partial charge < -0.3 is 11.1 Å². The molecule has 0 fully saturated rings.